The summed E-state index contributed by atoms with van der Waals surface area (Å²) in [4.78, 5) is 3.63. The normalized spacial score (nSPS) is 18.5. The molecule has 1 heterocycles. The van der Waals surface area contributed by atoms with Crippen LogP contribution in [0.3, 0.4) is 0 Å². The van der Waals surface area contributed by atoms with E-state index in [4.69, 9.17) is 4.74 Å². The molecule has 0 spiro atoms. The maximum absolute atomic E-state index is 12.5. The predicted molar refractivity (Wildman–Crippen MR) is 92.9 cm³/mol. The largest absolute Gasteiger partial charge is 0.497 e. The van der Waals surface area contributed by atoms with Gasteiger partial charge in [-0.2, -0.15) is 13.2 Å². The fraction of sp³-hybridized carbons (Fsp3) is 0.667. The van der Waals surface area contributed by atoms with Gasteiger partial charge in [0.25, 0.3) is 0 Å². The van der Waals surface area contributed by atoms with E-state index in [0.717, 1.165) is 30.7 Å². The molecule has 0 saturated carbocycles. The molecule has 1 aromatic rings. The topological polar surface area (TPSA) is 27.7 Å². The quantitative estimate of drug-likeness (QED) is 0.810. The van der Waals surface area contributed by atoms with Gasteiger partial charge < -0.3 is 15.0 Å². The molecule has 0 aromatic heterocycles. The van der Waals surface area contributed by atoms with Gasteiger partial charge >= 0.3 is 6.18 Å². The Morgan fingerprint density at radius 2 is 1.96 bits per heavy atom. The summed E-state index contributed by atoms with van der Waals surface area (Å²) in [6.45, 7) is 0.930. The zero-order valence-electron chi connectivity index (χ0n) is 15.1. The summed E-state index contributed by atoms with van der Waals surface area (Å²) < 4.78 is 42.7. The van der Waals surface area contributed by atoms with Crippen molar-refractivity contribution in [2.45, 2.75) is 31.1 Å². The van der Waals surface area contributed by atoms with Crippen LogP contribution < -0.4 is 10.1 Å². The lowest BCUT2D eigenvalue weighted by Gasteiger charge is -2.34. The molecule has 1 unspecified atom stereocenters. The van der Waals surface area contributed by atoms with Crippen LogP contribution in [0.25, 0.3) is 0 Å². The number of likely N-dealkylation sites (N-methyl/N-ethyl adjacent to an activating group) is 1. The minimum Gasteiger partial charge on any atom is -0.497 e. The monoisotopic (exact) mass is 359 g/mol. The van der Waals surface area contributed by atoms with E-state index in [2.05, 4.69) is 16.3 Å². The fourth-order valence-electron chi connectivity index (χ4n) is 3.27. The van der Waals surface area contributed by atoms with Crippen LogP contribution in [0.4, 0.5) is 13.2 Å². The highest BCUT2D eigenvalue weighted by Crippen LogP contribution is 2.23. The van der Waals surface area contributed by atoms with Crippen LogP contribution in [-0.4, -0.2) is 69.4 Å². The van der Waals surface area contributed by atoms with Crippen molar-refractivity contribution in [1.29, 1.82) is 0 Å². The summed E-state index contributed by atoms with van der Waals surface area (Å²) in [6, 6.07) is 8.43. The lowest BCUT2D eigenvalue weighted by atomic mass is 10.0. The highest BCUT2D eigenvalue weighted by Gasteiger charge is 2.32. The number of methoxy groups -OCH3 is 1. The Morgan fingerprint density at radius 3 is 2.52 bits per heavy atom. The fourth-order valence-corrected chi connectivity index (χ4v) is 3.27. The Bertz CT molecular complexity index is 529. The summed E-state index contributed by atoms with van der Waals surface area (Å²) >= 11 is 0. The number of nitrogens with zero attached hydrogens (tertiary/aromatic N) is 2. The molecule has 4 nitrogen and oxygen atoms in total. The third kappa shape index (κ3) is 6.49. The molecule has 7 heteroatoms. The molecule has 1 aromatic carbocycles. The number of piperidine rings is 1. The van der Waals surface area contributed by atoms with Gasteiger partial charge in [-0.15, -0.1) is 0 Å². The van der Waals surface area contributed by atoms with Crippen molar-refractivity contribution >= 4 is 0 Å². The van der Waals surface area contributed by atoms with Gasteiger partial charge in [-0.25, -0.2) is 0 Å². The van der Waals surface area contributed by atoms with Crippen molar-refractivity contribution in [3.63, 3.8) is 0 Å². The van der Waals surface area contributed by atoms with Crippen molar-refractivity contribution in [2.24, 2.45) is 0 Å². The molecule has 1 atom stereocenters. The first-order valence-corrected chi connectivity index (χ1v) is 8.61. The first-order chi connectivity index (χ1) is 11.8. The lowest BCUT2D eigenvalue weighted by molar-refractivity contribution is -0.148. The van der Waals surface area contributed by atoms with E-state index in [9.17, 15) is 13.2 Å². The van der Waals surface area contributed by atoms with Gasteiger partial charge in [0.2, 0.25) is 0 Å². The van der Waals surface area contributed by atoms with Crippen LogP contribution in [0, 0.1) is 0 Å². The smallest absolute Gasteiger partial charge is 0.401 e. The second kappa shape index (κ2) is 8.87. The number of alkyl halides is 3. The first-order valence-electron chi connectivity index (χ1n) is 8.61. The maximum atomic E-state index is 12.5. The average Bonchev–Trinajstić information content (AvgIpc) is 2.55. The van der Waals surface area contributed by atoms with Crippen molar-refractivity contribution < 1.29 is 17.9 Å². The first kappa shape index (κ1) is 20.0. The zero-order chi connectivity index (χ0) is 18.4. The summed E-state index contributed by atoms with van der Waals surface area (Å²) in [7, 11) is 5.70. The van der Waals surface area contributed by atoms with Crippen LogP contribution >= 0.6 is 0 Å². The van der Waals surface area contributed by atoms with Crippen LogP contribution in [0.1, 0.15) is 24.4 Å². The van der Waals surface area contributed by atoms with Gasteiger partial charge in [0.15, 0.2) is 0 Å². The summed E-state index contributed by atoms with van der Waals surface area (Å²) in [5.74, 6) is 0.824. The number of nitrogens with one attached hydrogen (secondary N) is 1. The highest BCUT2D eigenvalue weighted by atomic mass is 19.4. The van der Waals surface area contributed by atoms with E-state index < -0.39 is 12.7 Å². The number of rotatable bonds is 7. The SMILES string of the molecule is COc1cccc(C(CNC2CCN(CC(F)(F)F)CC2)N(C)C)c1. The van der Waals surface area contributed by atoms with E-state index in [-0.39, 0.29) is 12.1 Å². The third-order valence-corrected chi connectivity index (χ3v) is 4.69. The van der Waals surface area contributed by atoms with Crippen LogP contribution in [0.15, 0.2) is 24.3 Å². The van der Waals surface area contributed by atoms with E-state index in [1.54, 1.807) is 7.11 Å². The predicted octanol–water partition coefficient (Wildman–Crippen LogP) is 2.91. The Morgan fingerprint density at radius 1 is 1.28 bits per heavy atom. The third-order valence-electron chi connectivity index (χ3n) is 4.69. The minimum absolute atomic E-state index is 0.184. The molecular weight excluding hydrogens is 331 g/mol. The van der Waals surface area contributed by atoms with Crippen molar-refractivity contribution in [3.05, 3.63) is 29.8 Å². The molecule has 25 heavy (non-hydrogen) atoms. The summed E-state index contributed by atoms with van der Waals surface area (Å²) in [5, 5.41) is 3.53. The molecule has 142 valence electrons. The molecule has 2 rings (SSSR count). The van der Waals surface area contributed by atoms with Crippen LogP contribution in [0.2, 0.25) is 0 Å². The second-order valence-corrected chi connectivity index (χ2v) is 6.83. The lowest BCUT2D eigenvalue weighted by Crippen LogP contribution is -2.47. The molecule has 0 radical (unpaired) electrons. The molecule has 0 aliphatic carbocycles. The van der Waals surface area contributed by atoms with Crippen LogP contribution in [-0.2, 0) is 0 Å². The molecule has 1 aliphatic heterocycles. The van der Waals surface area contributed by atoms with Crippen molar-refractivity contribution in [1.82, 2.24) is 15.1 Å². The average molecular weight is 359 g/mol. The Balaban J connectivity index is 1.86. The number of halogens is 3. The summed E-state index contributed by atoms with van der Waals surface area (Å²) in [6.07, 6.45) is -2.62. The number of benzene rings is 1. The number of ether oxygens (including phenoxy) is 1. The van der Waals surface area contributed by atoms with Gasteiger partial charge in [-0.05, 0) is 57.7 Å². The van der Waals surface area contributed by atoms with Gasteiger partial charge in [-0.1, -0.05) is 12.1 Å². The second-order valence-electron chi connectivity index (χ2n) is 6.83. The van der Waals surface area contributed by atoms with E-state index in [1.165, 1.54) is 4.90 Å². The standard InChI is InChI=1S/C18H28F3N3O/c1-23(2)17(14-5-4-6-16(11-14)25-3)12-22-15-7-9-24(10-8-15)13-18(19,20)21/h4-6,11,15,17,22H,7-10,12-13H2,1-3H3. The summed E-state index contributed by atoms with van der Waals surface area (Å²) in [5.41, 5.74) is 1.16. The van der Waals surface area contributed by atoms with E-state index in [1.807, 2.05) is 32.3 Å². The van der Waals surface area contributed by atoms with E-state index in [0.29, 0.717) is 13.1 Å². The Labute approximate surface area is 147 Å². The number of hydrogen-bond donors (Lipinski definition) is 1. The Kier molecular flexibility index (Phi) is 7.10. The molecule has 1 saturated heterocycles. The van der Waals surface area contributed by atoms with Gasteiger partial charge in [-0.3, -0.25) is 4.90 Å². The molecular formula is C18H28F3N3O. The van der Waals surface area contributed by atoms with E-state index >= 15 is 0 Å². The van der Waals surface area contributed by atoms with Crippen LogP contribution in [0.5, 0.6) is 5.75 Å². The molecule has 0 bridgehead atoms. The van der Waals surface area contributed by atoms with Gasteiger partial charge in [0.1, 0.15) is 5.75 Å². The highest BCUT2D eigenvalue weighted by molar-refractivity contribution is 5.30. The Hall–Kier alpha value is -1.31. The zero-order valence-corrected chi connectivity index (χ0v) is 15.1. The van der Waals surface area contributed by atoms with Gasteiger partial charge in [0.05, 0.1) is 13.7 Å². The molecule has 1 fully saturated rings. The van der Waals surface area contributed by atoms with Gasteiger partial charge in [0, 0.05) is 18.6 Å². The van der Waals surface area contributed by atoms with Crippen molar-refractivity contribution in [2.75, 3.05) is 47.4 Å². The molecule has 1 N–H and O–H groups in total. The van der Waals surface area contributed by atoms with Crippen molar-refractivity contribution in [3.8, 4) is 5.75 Å². The number of hydrogen-bond acceptors (Lipinski definition) is 4. The molecule has 1 aliphatic rings. The maximum Gasteiger partial charge on any atom is 0.401 e. The number of likely N-dealkylation sites (tertiary alicyclic amines) is 1. The molecule has 0 amide bonds. The minimum atomic E-state index is -4.11.